The van der Waals surface area contributed by atoms with Gasteiger partial charge in [-0.2, -0.15) is 9.78 Å². The van der Waals surface area contributed by atoms with E-state index >= 15 is 0 Å². The summed E-state index contributed by atoms with van der Waals surface area (Å²) in [7, 11) is 1.60. The van der Waals surface area contributed by atoms with Gasteiger partial charge in [-0.05, 0) is 23.6 Å². The van der Waals surface area contributed by atoms with E-state index in [2.05, 4.69) is 10.2 Å². The summed E-state index contributed by atoms with van der Waals surface area (Å²) in [5.41, 5.74) is 1.50. The number of thiophene rings is 1. The number of para-hydroxylation sites is 1. The fraction of sp³-hybridized carbons (Fsp3) is 0.176. The second-order valence-corrected chi connectivity index (χ2v) is 7.60. The number of fused-ring (bicyclic) bond motifs is 1. The number of methoxy groups -OCH3 is 1. The average Bonchev–Trinajstić information content (AvgIpc) is 3.30. The number of carbonyl (C=O) groups is 1. The molecule has 0 saturated carbocycles. The Balaban J connectivity index is 1.84. The van der Waals surface area contributed by atoms with Crippen molar-refractivity contribution < 1.29 is 14.6 Å². The first kappa shape index (κ1) is 16.8. The normalized spacial score (nSPS) is 16.0. The topological polar surface area (TPSA) is 89.6 Å². The molecule has 2 aromatic heterocycles. The van der Waals surface area contributed by atoms with Crippen molar-refractivity contribution in [3.05, 3.63) is 46.7 Å². The van der Waals surface area contributed by atoms with Gasteiger partial charge in [0, 0.05) is 0 Å². The van der Waals surface area contributed by atoms with E-state index in [0.29, 0.717) is 16.7 Å². The van der Waals surface area contributed by atoms with Crippen LogP contribution >= 0.6 is 23.1 Å². The third kappa shape index (κ3) is 2.99. The highest BCUT2D eigenvalue weighted by molar-refractivity contribution is 8.00. The Morgan fingerprint density at radius 3 is 2.85 bits per heavy atom. The van der Waals surface area contributed by atoms with Crippen LogP contribution in [-0.2, 0) is 4.79 Å². The summed E-state index contributed by atoms with van der Waals surface area (Å²) in [6, 6.07) is 11.4. The van der Waals surface area contributed by atoms with Crippen LogP contribution in [0.4, 0.5) is 0 Å². The lowest BCUT2D eigenvalue weighted by atomic mass is 10.1. The van der Waals surface area contributed by atoms with Gasteiger partial charge in [-0.3, -0.25) is 4.79 Å². The van der Waals surface area contributed by atoms with E-state index in [1.165, 1.54) is 23.1 Å². The molecule has 0 bridgehead atoms. The van der Waals surface area contributed by atoms with Gasteiger partial charge in [-0.15, -0.1) is 21.5 Å². The van der Waals surface area contributed by atoms with Crippen molar-refractivity contribution in [3.8, 4) is 17.1 Å². The number of rotatable bonds is 5. The van der Waals surface area contributed by atoms with Gasteiger partial charge in [-0.1, -0.05) is 30.0 Å². The van der Waals surface area contributed by atoms with Crippen LogP contribution < -0.4 is 4.74 Å². The molecule has 1 unspecified atom stereocenters. The third-order valence-corrected chi connectivity index (χ3v) is 5.89. The number of thioether (sulfide) groups is 1. The van der Waals surface area contributed by atoms with Gasteiger partial charge >= 0.3 is 5.97 Å². The largest absolute Gasteiger partial charge is 0.496 e. The van der Waals surface area contributed by atoms with Crippen molar-refractivity contribution in [1.82, 2.24) is 14.9 Å². The van der Waals surface area contributed by atoms with Gasteiger partial charge < -0.3 is 9.84 Å². The molecule has 0 saturated heterocycles. The van der Waals surface area contributed by atoms with Crippen molar-refractivity contribution in [2.24, 2.45) is 5.10 Å². The van der Waals surface area contributed by atoms with Gasteiger partial charge in [0.05, 0.1) is 34.9 Å². The Bertz CT molecular complexity index is 982. The predicted octanol–water partition coefficient (Wildman–Crippen LogP) is 3.22. The van der Waals surface area contributed by atoms with Crippen LogP contribution in [-0.4, -0.2) is 44.0 Å². The number of aliphatic carboxylic acids is 1. The molecule has 3 aromatic rings. The fourth-order valence-corrected chi connectivity index (χ4v) is 4.63. The number of benzene rings is 1. The monoisotopic (exact) mass is 386 g/mol. The summed E-state index contributed by atoms with van der Waals surface area (Å²) in [6.45, 7) is 0. The number of hydrogen-bond donors (Lipinski definition) is 1. The fourth-order valence-electron chi connectivity index (χ4n) is 2.71. The minimum Gasteiger partial charge on any atom is -0.496 e. The molecule has 3 heterocycles. The van der Waals surface area contributed by atoms with Gasteiger partial charge in [0.2, 0.25) is 5.16 Å². The first-order valence-corrected chi connectivity index (χ1v) is 9.53. The maximum absolute atomic E-state index is 11.3. The second kappa shape index (κ2) is 6.93. The van der Waals surface area contributed by atoms with E-state index in [9.17, 15) is 9.90 Å². The third-order valence-electron chi connectivity index (χ3n) is 3.85. The Labute approximate surface area is 157 Å². The molecule has 1 aliphatic heterocycles. The average molecular weight is 386 g/mol. The van der Waals surface area contributed by atoms with Crippen molar-refractivity contribution in [2.45, 2.75) is 16.8 Å². The summed E-state index contributed by atoms with van der Waals surface area (Å²) < 4.78 is 7.08. The van der Waals surface area contributed by atoms with Crippen LogP contribution in [0.15, 0.2) is 52.0 Å². The molecule has 9 heteroatoms. The zero-order valence-electron chi connectivity index (χ0n) is 13.7. The SMILES string of the molecule is COc1ccccc1-c1nnc2n1N=C(c1cccs1)C(CC(=O)O)S2. The second-order valence-electron chi connectivity index (χ2n) is 5.49. The van der Waals surface area contributed by atoms with Crippen LogP contribution in [0.25, 0.3) is 11.4 Å². The van der Waals surface area contributed by atoms with E-state index in [4.69, 9.17) is 9.84 Å². The van der Waals surface area contributed by atoms with Crippen LogP contribution in [0.1, 0.15) is 11.3 Å². The molecule has 1 N–H and O–H groups in total. The maximum atomic E-state index is 11.3. The number of nitrogens with zero attached hydrogens (tertiary/aromatic N) is 4. The number of carboxylic acid groups (broad SMARTS) is 1. The lowest BCUT2D eigenvalue weighted by Gasteiger charge is -2.21. The smallest absolute Gasteiger partial charge is 0.304 e. The molecule has 26 heavy (non-hydrogen) atoms. The molecule has 132 valence electrons. The number of carboxylic acids is 1. The van der Waals surface area contributed by atoms with Crippen LogP contribution in [0.5, 0.6) is 5.75 Å². The highest BCUT2D eigenvalue weighted by atomic mass is 32.2. The lowest BCUT2D eigenvalue weighted by Crippen LogP contribution is -2.26. The minimum absolute atomic E-state index is 0.0295. The standard InChI is InChI=1S/C17H14N4O3S2/c1-24-11-6-3-2-5-10(11)16-18-19-17-21(16)20-15(12-7-4-8-25-12)13(26-17)9-14(22)23/h2-8,13H,9H2,1H3,(H,22,23). The van der Waals surface area contributed by atoms with Gasteiger partial charge in [-0.25, -0.2) is 0 Å². The summed E-state index contributed by atoms with van der Waals surface area (Å²) in [5.74, 6) is 0.366. The van der Waals surface area contributed by atoms with E-state index in [0.717, 1.165) is 16.2 Å². The van der Waals surface area contributed by atoms with Crippen molar-refractivity contribution in [2.75, 3.05) is 7.11 Å². The minimum atomic E-state index is -0.871. The highest BCUT2D eigenvalue weighted by Gasteiger charge is 2.31. The highest BCUT2D eigenvalue weighted by Crippen LogP contribution is 2.37. The molecular formula is C17H14N4O3S2. The first-order valence-electron chi connectivity index (χ1n) is 7.77. The Hall–Kier alpha value is -2.65. The summed E-state index contributed by atoms with van der Waals surface area (Å²) in [6.07, 6.45) is -0.0295. The van der Waals surface area contributed by atoms with Gasteiger partial charge in [0.1, 0.15) is 5.75 Å². The number of hydrogen-bond acceptors (Lipinski definition) is 7. The van der Waals surface area contributed by atoms with E-state index in [1.807, 2.05) is 41.8 Å². The Kier molecular flexibility index (Phi) is 4.48. The molecule has 1 atom stereocenters. The summed E-state index contributed by atoms with van der Waals surface area (Å²) in [4.78, 5) is 12.2. The maximum Gasteiger partial charge on any atom is 0.304 e. The number of aromatic nitrogens is 3. The first-order chi connectivity index (χ1) is 12.7. The zero-order valence-corrected chi connectivity index (χ0v) is 15.3. The molecule has 0 radical (unpaired) electrons. The van der Waals surface area contributed by atoms with Crippen molar-refractivity contribution >= 4 is 34.8 Å². The molecule has 0 aliphatic carbocycles. The molecule has 4 rings (SSSR count). The van der Waals surface area contributed by atoms with Gasteiger partial charge in [0.15, 0.2) is 5.82 Å². The molecule has 0 fully saturated rings. The molecule has 0 amide bonds. The molecule has 0 spiro atoms. The molecule has 7 nitrogen and oxygen atoms in total. The zero-order chi connectivity index (χ0) is 18.1. The molecular weight excluding hydrogens is 372 g/mol. The molecule has 1 aliphatic rings. The van der Waals surface area contributed by atoms with E-state index in [-0.39, 0.29) is 11.7 Å². The van der Waals surface area contributed by atoms with E-state index in [1.54, 1.807) is 11.8 Å². The van der Waals surface area contributed by atoms with Crippen molar-refractivity contribution in [3.63, 3.8) is 0 Å². The van der Waals surface area contributed by atoms with E-state index < -0.39 is 5.97 Å². The van der Waals surface area contributed by atoms with Crippen molar-refractivity contribution in [1.29, 1.82) is 0 Å². The van der Waals surface area contributed by atoms with Crippen LogP contribution in [0.3, 0.4) is 0 Å². The quantitative estimate of drug-likeness (QED) is 0.724. The number of ether oxygens (including phenoxy) is 1. The molecule has 1 aromatic carbocycles. The van der Waals surface area contributed by atoms with Crippen LogP contribution in [0.2, 0.25) is 0 Å². The predicted molar refractivity (Wildman–Crippen MR) is 100 cm³/mol. The lowest BCUT2D eigenvalue weighted by molar-refractivity contribution is -0.136. The van der Waals surface area contributed by atoms with Crippen LogP contribution in [0, 0.1) is 0 Å². The Morgan fingerprint density at radius 2 is 2.12 bits per heavy atom. The van der Waals surface area contributed by atoms with Gasteiger partial charge in [0.25, 0.3) is 0 Å². The Morgan fingerprint density at radius 1 is 1.27 bits per heavy atom. The summed E-state index contributed by atoms with van der Waals surface area (Å²) in [5, 5.41) is 24.6. The summed E-state index contributed by atoms with van der Waals surface area (Å²) >= 11 is 2.90.